The standard InChI is InChI=1S/C13H20O4S/c1-11-4-2-5-13(8-11)17-6-3-7-18(16)10-12(15)9-14/h2,4-5,8,12,14-15H,3,6-7,9-10H2,1H3. The van der Waals surface area contributed by atoms with Crippen LogP contribution in [0.15, 0.2) is 24.3 Å². The molecule has 5 heteroatoms. The third-order valence-electron chi connectivity index (χ3n) is 2.36. The Labute approximate surface area is 110 Å². The van der Waals surface area contributed by atoms with Crippen molar-refractivity contribution < 1.29 is 19.2 Å². The van der Waals surface area contributed by atoms with Crippen molar-refractivity contribution >= 4 is 10.8 Å². The van der Waals surface area contributed by atoms with E-state index in [9.17, 15) is 4.21 Å². The van der Waals surface area contributed by atoms with Crippen molar-refractivity contribution in [2.24, 2.45) is 0 Å². The number of aliphatic hydroxyl groups is 2. The molecule has 0 aliphatic heterocycles. The van der Waals surface area contributed by atoms with Gasteiger partial charge >= 0.3 is 0 Å². The maximum Gasteiger partial charge on any atom is 0.119 e. The maximum atomic E-state index is 11.5. The van der Waals surface area contributed by atoms with E-state index >= 15 is 0 Å². The van der Waals surface area contributed by atoms with Crippen molar-refractivity contribution in [3.05, 3.63) is 29.8 Å². The summed E-state index contributed by atoms with van der Waals surface area (Å²) in [6.07, 6.45) is -0.220. The molecule has 4 nitrogen and oxygen atoms in total. The smallest absolute Gasteiger partial charge is 0.119 e. The normalized spacial score (nSPS) is 14.2. The third kappa shape index (κ3) is 6.14. The van der Waals surface area contributed by atoms with Gasteiger partial charge in [0.2, 0.25) is 0 Å². The van der Waals surface area contributed by atoms with Crippen LogP contribution in [-0.4, -0.2) is 45.2 Å². The van der Waals surface area contributed by atoms with Crippen LogP contribution >= 0.6 is 0 Å². The molecule has 0 bridgehead atoms. The molecule has 18 heavy (non-hydrogen) atoms. The molecule has 0 heterocycles. The molecule has 0 aliphatic rings. The molecule has 0 spiro atoms. The lowest BCUT2D eigenvalue weighted by atomic mass is 10.2. The molecule has 2 unspecified atom stereocenters. The lowest BCUT2D eigenvalue weighted by Gasteiger charge is -2.08. The highest BCUT2D eigenvalue weighted by atomic mass is 32.2. The second kappa shape index (κ2) is 8.24. The summed E-state index contributed by atoms with van der Waals surface area (Å²) in [4.78, 5) is 0. The van der Waals surface area contributed by atoms with Crippen LogP contribution in [0, 0.1) is 6.92 Å². The van der Waals surface area contributed by atoms with Gasteiger partial charge in [-0.15, -0.1) is 0 Å². The second-order valence-electron chi connectivity index (χ2n) is 4.17. The Kier molecular flexibility index (Phi) is 6.93. The van der Waals surface area contributed by atoms with Gasteiger partial charge in [0.1, 0.15) is 5.75 Å². The molecule has 1 aromatic carbocycles. The van der Waals surface area contributed by atoms with E-state index < -0.39 is 16.9 Å². The van der Waals surface area contributed by atoms with E-state index in [1.165, 1.54) is 0 Å². The van der Waals surface area contributed by atoms with E-state index in [0.717, 1.165) is 11.3 Å². The zero-order chi connectivity index (χ0) is 13.4. The molecule has 0 radical (unpaired) electrons. The maximum absolute atomic E-state index is 11.5. The monoisotopic (exact) mass is 272 g/mol. The second-order valence-corrected chi connectivity index (χ2v) is 5.79. The first-order valence-corrected chi connectivity index (χ1v) is 7.44. The molecule has 2 atom stereocenters. The number of benzene rings is 1. The molecule has 0 saturated heterocycles. The predicted octanol–water partition coefficient (Wildman–Crippen LogP) is 0.866. The summed E-state index contributed by atoms with van der Waals surface area (Å²) < 4.78 is 17.0. The van der Waals surface area contributed by atoms with Crippen LogP contribution in [0.25, 0.3) is 0 Å². The minimum absolute atomic E-state index is 0.126. The van der Waals surface area contributed by atoms with Crippen molar-refractivity contribution in [3.63, 3.8) is 0 Å². The van der Waals surface area contributed by atoms with Gasteiger partial charge < -0.3 is 14.9 Å². The lowest BCUT2D eigenvalue weighted by Crippen LogP contribution is -2.22. The molecule has 0 fully saturated rings. The quantitative estimate of drug-likeness (QED) is 0.689. The van der Waals surface area contributed by atoms with E-state index in [-0.39, 0.29) is 12.4 Å². The minimum atomic E-state index is -1.10. The topological polar surface area (TPSA) is 66.8 Å². The van der Waals surface area contributed by atoms with Gasteiger partial charge in [-0.25, -0.2) is 0 Å². The molecular formula is C13H20O4S. The minimum Gasteiger partial charge on any atom is -0.494 e. The number of rotatable bonds is 8. The van der Waals surface area contributed by atoms with E-state index in [0.29, 0.717) is 18.8 Å². The number of aryl methyl sites for hydroxylation is 1. The predicted molar refractivity (Wildman–Crippen MR) is 72.3 cm³/mol. The van der Waals surface area contributed by atoms with E-state index in [1.807, 2.05) is 31.2 Å². The largest absolute Gasteiger partial charge is 0.494 e. The SMILES string of the molecule is Cc1cccc(OCCCS(=O)CC(O)CO)c1. The van der Waals surface area contributed by atoms with Crippen LogP contribution in [-0.2, 0) is 10.8 Å². The number of hydrogen-bond acceptors (Lipinski definition) is 4. The van der Waals surface area contributed by atoms with Crippen molar-refractivity contribution in [1.29, 1.82) is 0 Å². The number of aliphatic hydroxyl groups excluding tert-OH is 2. The van der Waals surface area contributed by atoms with Gasteiger partial charge in [-0.2, -0.15) is 0 Å². The lowest BCUT2D eigenvalue weighted by molar-refractivity contribution is 0.113. The molecular weight excluding hydrogens is 252 g/mol. The van der Waals surface area contributed by atoms with Crippen molar-refractivity contribution in [2.45, 2.75) is 19.4 Å². The zero-order valence-corrected chi connectivity index (χ0v) is 11.4. The summed E-state index contributed by atoms with van der Waals surface area (Å²) in [7, 11) is -1.10. The first kappa shape index (κ1) is 15.1. The Hall–Kier alpha value is -0.910. The van der Waals surface area contributed by atoms with Crippen LogP contribution in [0.3, 0.4) is 0 Å². The van der Waals surface area contributed by atoms with Crippen molar-refractivity contribution in [3.8, 4) is 5.75 Å². The van der Waals surface area contributed by atoms with Gasteiger partial charge in [-0.3, -0.25) is 4.21 Å². The fourth-order valence-corrected chi connectivity index (χ4v) is 2.61. The van der Waals surface area contributed by atoms with E-state index in [4.69, 9.17) is 14.9 Å². The molecule has 1 rings (SSSR count). The number of ether oxygens (including phenoxy) is 1. The molecule has 1 aromatic rings. The summed E-state index contributed by atoms with van der Waals surface area (Å²) in [5.74, 6) is 1.42. The molecule has 0 aliphatic carbocycles. The van der Waals surface area contributed by atoms with Crippen LogP contribution in [0.4, 0.5) is 0 Å². The summed E-state index contributed by atoms with van der Waals surface area (Å²) in [6.45, 7) is 2.16. The van der Waals surface area contributed by atoms with E-state index in [2.05, 4.69) is 0 Å². The first-order valence-electron chi connectivity index (χ1n) is 5.95. The van der Waals surface area contributed by atoms with Gasteiger partial charge in [0, 0.05) is 16.6 Å². The van der Waals surface area contributed by atoms with Gasteiger partial charge in [0.25, 0.3) is 0 Å². The fourth-order valence-electron chi connectivity index (χ4n) is 1.47. The summed E-state index contributed by atoms with van der Waals surface area (Å²) >= 11 is 0. The molecule has 0 amide bonds. The first-order chi connectivity index (χ1) is 8.61. The zero-order valence-electron chi connectivity index (χ0n) is 10.5. The third-order valence-corrected chi connectivity index (χ3v) is 3.86. The van der Waals surface area contributed by atoms with Crippen LogP contribution < -0.4 is 4.74 Å². The average Bonchev–Trinajstić information content (AvgIpc) is 2.34. The highest BCUT2D eigenvalue weighted by Crippen LogP contribution is 2.12. The molecule has 2 N–H and O–H groups in total. The highest BCUT2D eigenvalue weighted by Gasteiger charge is 2.07. The Morgan fingerprint density at radius 3 is 2.89 bits per heavy atom. The van der Waals surface area contributed by atoms with Crippen molar-refractivity contribution in [2.75, 3.05) is 24.7 Å². The Balaban J connectivity index is 2.17. The fraction of sp³-hybridized carbons (Fsp3) is 0.538. The van der Waals surface area contributed by atoms with Gasteiger partial charge in [-0.1, -0.05) is 12.1 Å². The average molecular weight is 272 g/mol. The number of hydrogen-bond donors (Lipinski definition) is 2. The summed E-state index contributed by atoms with van der Waals surface area (Å²) in [5, 5.41) is 17.7. The van der Waals surface area contributed by atoms with E-state index in [1.54, 1.807) is 0 Å². The van der Waals surface area contributed by atoms with Crippen molar-refractivity contribution in [1.82, 2.24) is 0 Å². The Morgan fingerprint density at radius 1 is 1.44 bits per heavy atom. The van der Waals surface area contributed by atoms with Gasteiger partial charge in [0.05, 0.1) is 25.1 Å². The Bertz CT molecular complexity index is 381. The van der Waals surface area contributed by atoms with Crippen LogP contribution in [0.1, 0.15) is 12.0 Å². The Morgan fingerprint density at radius 2 is 2.22 bits per heavy atom. The molecule has 0 saturated carbocycles. The highest BCUT2D eigenvalue weighted by molar-refractivity contribution is 7.85. The molecule has 0 aromatic heterocycles. The van der Waals surface area contributed by atoms with Crippen LogP contribution in [0.2, 0.25) is 0 Å². The van der Waals surface area contributed by atoms with Gasteiger partial charge in [-0.05, 0) is 31.0 Å². The summed E-state index contributed by atoms with van der Waals surface area (Å²) in [6, 6.07) is 7.77. The van der Waals surface area contributed by atoms with Gasteiger partial charge in [0.15, 0.2) is 0 Å². The molecule has 102 valence electrons. The van der Waals surface area contributed by atoms with Crippen LogP contribution in [0.5, 0.6) is 5.75 Å². The summed E-state index contributed by atoms with van der Waals surface area (Å²) in [5.41, 5.74) is 1.14.